The first-order chi connectivity index (χ1) is 6.14. The Morgan fingerprint density at radius 3 is 1.64 bits per heavy atom. The van der Waals surface area contributed by atoms with Crippen molar-refractivity contribution in [1.82, 2.24) is 0 Å². The fourth-order valence-corrected chi connectivity index (χ4v) is 0.910. The van der Waals surface area contributed by atoms with Crippen LogP contribution in [-0.4, -0.2) is 11.8 Å². The summed E-state index contributed by atoms with van der Waals surface area (Å²) in [5.74, 6) is -18.3. The first-order valence-electron chi connectivity index (χ1n) is 3.32. The topological polar surface area (TPSA) is 0 Å². The SMILES string of the molecule is CC1=C(F)C(F)=C(F)C(F)(F)C1(F)F. The van der Waals surface area contributed by atoms with Crippen LogP contribution in [0.5, 0.6) is 0 Å². The Kier molecular flexibility index (Phi) is 2.17. The zero-order chi connectivity index (χ0) is 11.3. The minimum atomic E-state index is -5.34. The summed E-state index contributed by atoms with van der Waals surface area (Å²) in [4.78, 5) is 0. The average Bonchev–Trinajstić information content (AvgIpc) is 2.10. The molecule has 1 aliphatic rings. The lowest BCUT2D eigenvalue weighted by Crippen LogP contribution is -2.45. The highest BCUT2D eigenvalue weighted by atomic mass is 19.3. The van der Waals surface area contributed by atoms with Crippen molar-refractivity contribution in [2.24, 2.45) is 0 Å². The molecule has 0 aliphatic heterocycles. The van der Waals surface area contributed by atoms with Crippen molar-refractivity contribution in [3.8, 4) is 0 Å². The molecule has 0 N–H and O–H groups in total. The molecule has 0 saturated heterocycles. The van der Waals surface area contributed by atoms with Crippen molar-refractivity contribution >= 4 is 0 Å². The molecule has 0 aromatic heterocycles. The second-order valence-electron chi connectivity index (χ2n) is 2.72. The lowest BCUT2D eigenvalue weighted by atomic mass is 9.96. The maximum absolute atomic E-state index is 12.6. The smallest absolute Gasteiger partial charge is 0.203 e. The number of alkyl halides is 4. The Hall–Kier alpha value is -1.01. The summed E-state index contributed by atoms with van der Waals surface area (Å²) in [5.41, 5.74) is -1.82. The van der Waals surface area contributed by atoms with Crippen LogP contribution in [0.25, 0.3) is 0 Å². The second-order valence-corrected chi connectivity index (χ2v) is 2.72. The summed E-state index contributed by atoms with van der Waals surface area (Å²) in [6.45, 7) is 0.273. The quantitative estimate of drug-likeness (QED) is 0.546. The Balaban J connectivity index is 3.48. The van der Waals surface area contributed by atoms with E-state index in [-0.39, 0.29) is 6.92 Å². The van der Waals surface area contributed by atoms with E-state index in [9.17, 15) is 30.7 Å². The van der Waals surface area contributed by atoms with E-state index >= 15 is 0 Å². The van der Waals surface area contributed by atoms with Crippen LogP contribution in [0.15, 0.2) is 23.1 Å². The minimum absolute atomic E-state index is 0.273. The molecule has 0 spiro atoms. The van der Waals surface area contributed by atoms with Gasteiger partial charge in [0.25, 0.3) is 0 Å². The van der Waals surface area contributed by atoms with Gasteiger partial charge in [-0.05, 0) is 6.92 Å². The summed E-state index contributed by atoms with van der Waals surface area (Å²) in [6.07, 6.45) is 0. The van der Waals surface area contributed by atoms with E-state index in [1.807, 2.05) is 0 Å². The first-order valence-corrected chi connectivity index (χ1v) is 3.32. The average molecular weight is 220 g/mol. The van der Waals surface area contributed by atoms with Gasteiger partial charge in [-0.25, -0.2) is 13.2 Å². The Labute approximate surface area is 73.7 Å². The molecule has 1 aliphatic carbocycles. The van der Waals surface area contributed by atoms with Gasteiger partial charge in [-0.1, -0.05) is 0 Å². The molecule has 0 fully saturated rings. The second kappa shape index (κ2) is 2.74. The molecule has 0 radical (unpaired) electrons. The maximum atomic E-state index is 12.6. The monoisotopic (exact) mass is 220 g/mol. The highest BCUT2D eigenvalue weighted by Crippen LogP contribution is 2.52. The van der Waals surface area contributed by atoms with Gasteiger partial charge >= 0.3 is 11.8 Å². The molecular formula is C7H3F7. The molecule has 0 saturated carbocycles. The van der Waals surface area contributed by atoms with Crippen molar-refractivity contribution in [1.29, 1.82) is 0 Å². The fraction of sp³-hybridized carbons (Fsp3) is 0.429. The van der Waals surface area contributed by atoms with Gasteiger partial charge in [0.05, 0.1) is 0 Å². The van der Waals surface area contributed by atoms with Crippen LogP contribution in [0.3, 0.4) is 0 Å². The van der Waals surface area contributed by atoms with Crippen LogP contribution in [0.4, 0.5) is 30.7 Å². The summed E-state index contributed by atoms with van der Waals surface area (Å²) in [5, 5.41) is 0. The van der Waals surface area contributed by atoms with Crippen molar-refractivity contribution in [2.45, 2.75) is 18.8 Å². The molecular weight excluding hydrogens is 217 g/mol. The van der Waals surface area contributed by atoms with Crippen molar-refractivity contribution in [3.63, 3.8) is 0 Å². The van der Waals surface area contributed by atoms with E-state index < -0.39 is 34.9 Å². The van der Waals surface area contributed by atoms with Crippen molar-refractivity contribution in [2.75, 3.05) is 0 Å². The zero-order valence-electron chi connectivity index (χ0n) is 6.65. The summed E-state index contributed by atoms with van der Waals surface area (Å²) >= 11 is 0. The number of halogens is 7. The zero-order valence-corrected chi connectivity index (χ0v) is 6.65. The van der Waals surface area contributed by atoms with Crippen LogP contribution in [-0.2, 0) is 0 Å². The molecule has 1 rings (SSSR count). The molecule has 7 heteroatoms. The van der Waals surface area contributed by atoms with Crippen LogP contribution in [0.1, 0.15) is 6.92 Å². The van der Waals surface area contributed by atoms with Crippen molar-refractivity contribution in [3.05, 3.63) is 23.1 Å². The Morgan fingerprint density at radius 2 is 1.21 bits per heavy atom. The molecule has 0 heterocycles. The lowest BCUT2D eigenvalue weighted by Gasteiger charge is -2.29. The number of rotatable bonds is 0. The molecule has 0 amide bonds. The predicted molar refractivity (Wildman–Crippen MR) is 32.9 cm³/mol. The van der Waals surface area contributed by atoms with Crippen LogP contribution >= 0.6 is 0 Å². The normalized spacial score (nSPS) is 25.7. The van der Waals surface area contributed by atoms with Gasteiger partial charge in [0.2, 0.25) is 5.83 Å². The summed E-state index contributed by atoms with van der Waals surface area (Å²) < 4.78 is 87.0. The van der Waals surface area contributed by atoms with Crippen molar-refractivity contribution < 1.29 is 30.7 Å². The minimum Gasteiger partial charge on any atom is -0.203 e. The fourth-order valence-electron chi connectivity index (χ4n) is 0.910. The van der Waals surface area contributed by atoms with Gasteiger partial charge in [0.15, 0.2) is 11.7 Å². The van der Waals surface area contributed by atoms with Gasteiger partial charge in [0, 0.05) is 5.57 Å². The third kappa shape index (κ3) is 1.07. The predicted octanol–water partition coefficient (Wildman–Crippen LogP) is 3.66. The van der Waals surface area contributed by atoms with Gasteiger partial charge < -0.3 is 0 Å². The summed E-state index contributed by atoms with van der Waals surface area (Å²) in [6, 6.07) is 0. The lowest BCUT2D eigenvalue weighted by molar-refractivity contribution is -0.176. The Bertz CT molecular complexity index is 302. The largest absolute Gasteiger partial charge is 0.367 e. The summed E-state index contributed by atoms with van der Waals surface area (Å²) in [7, 11) is 0. The van der Waals surface area contributed by atoms with Gasteiger partial charge in [-0.3, -0.25) is 0 Å². The molecule has 0 nitrogen and oxygen atoms in total. The van der Waals surface area contributed by atoms with E-state index in [0.29, 0.717) is 0 Å². The highest BCUT2D eigenvalue weighted by molar-refractivity contribution is 5.41. The van der Waals surface area contributed by atoms with E-state index in [1.54, 1.807) is 0 Å². The molecule has 0 bridgehead atoms. The van der Waals surface area contributed by atoms with Crippen LogP contribution < -0.4 is 0 Å². The molecule has 0 atom stereocenters. The van der Waals surface area contributed by atoms with Crippen LogP contribution in [0, 0.1) is 0 Å². The third-order valence-electron chi connectivity index (χ3n) is 1.86. The Morgan fingerprint density at radius 1 is 0.786 bits per heavy atom. The molecule has 14 heavy (non-hydrogen) atoms. The first kappa shape index (κ1) is 11.1. The van der Waals surface area contributed by atoms with E-state index in [4.69, 9.17) is 0 Å². The molecule has 0 aromatic carbocycles. The number of allylic oxidation sites excluding steroid dienone is 4. The number of hydrogen-bond acceptors (Lipinski definition) is 0. The molecule has 80 valence electrons. The van der Waals surface area contributed by atoms with Gasteiger partial charge in [-0.15, -0.1) is 0 Å². The van der Waals surface area contributed by atoms with Crippen LogP contribution in [0.2, 0.25) is 0 Å². The standard InChI is InChI=1S/C7H3F7/c1-2-3(8)4(9)5(10)7(13,14)6(2,11)12/h1H3. The maximum Gasteiger partial charge on any atom is 0.367 e. The highest BCUT2D eigenvalue weighted by Gasteiger charge is 2.65. The van der Waals surface area contributed by atoms with E-state index in [2.05, 4.69) is 0 Å². The van der Waals surface area contributed by atoms with Gasteiger partial charge in [0.1, 0.15) is 0 Å². The third-order valence-corrected chi connectivity index (χ3v) is 1.86. The molecule has 0 unspecified atom stereocenters. The van der Waals surface area contributed by atoms with E-state index in [1.165, 1.54) is 0 Å². The van der Waals surface area contributed by atoms with E-state index in [0.717, 1.165) is 0 Å². The molecule has 0 aromatic rings. The number of hydrogen-bond donors (Lipinski definition) is 0. The van der Waals surface area contributed by atoms with Gasteiger partial charge in [-0.2, -0.15) is 17.6 Å².